The summed E-state index contributed by atoms with van der Waals surface area (Å²) in [5, 5.41) is 0.769. The van der Waals surface area contributed by atoms with Crippen molar-refractivity contribution in [3.63, 3.8) is 0 Å². The van der Waals surface area contributed by atoms with Crippen molar-refractivity contribution in [3.8, 4) is 0 Å². The molecule has 0 unspecified atom stereocenters. The van der Waals surface area contributed by atoms with Crippen LogP contribution in [0.5, 0.6) is 0 Å². The van der Waals surface area contributed by atoms with Crippen LogP contribution in [-0.2, 0) is 7.05 Å². The number of rotatable bonds is 0. The average Bonchev–Trinajstić information content (AvgIpc) is 2.14. The predicted octanol–water partition coefficient (Wildman–Crippen LogP) is 1.29. The lowest BCUT2D eigenvalue weighted by Gasteiger charge is -2.04. The number of hydrogen-bond acceptors (Lipinski definition) is 3. The van der Waals surface area contributed by atoms with Gasteiger partial charge in [0.1, 0.15) is 11.2 Å². The van der Waals surface area contributed by atoms with Crippen molar-refractivity contribution in [1.82, 2.24) is 14.5 Å². The SMILES string of the molecule is Cc1nc2nccc(Cl)c2c(=O)n1C. The van der Waals surface area contributed by atoms with E-state index in [4.69, 9.17) is 11.6 Å². The number of halogens is 1. The second-order valence-electron chi connectivity index (χ2n) is 3.01. The zero-order valence-corrected chi connectivity index (χ0v) is 8.54. The number of pyridine rings is 1. The lowest BCUT2D eigenvalue weighted by Crippen LogP contribution is -2.21. The Labute approximate surface area is 85.2 Å². The highest BCUT2D eigenvalue weighted by atomic mass is 35.5. The standard InChI is InChI=1S/C9H8ClN3O/c1-5-12-8-7(9(14)13(5)2)6(10)3-4-11-8/h3-4H,1-2H3. The van der Waals surface area contributed by atoms with Crippen LogP contribution < -0.4 is 5.56 Å². The van der Waals surface area contributed by atoms with Gasteiger partial charge < -0.3 is 0 Å². The Kier molecular flexibility index (Phi) is 2.00. The summed E-state index contributed by atoms with van der Waals surface area (Å²) in [6, 6.07) is 1.59. The first-order chi connectivity index (χ1) is 6.61. The van der Waals surface area contributed by atoms with Crippen LogP contribution in [0.15, 0.2) is 17.1 Å². The third-order valence-corrected chi connectivity index (χ3v) is 2.47. The lowest BCUT2D eigenvalue weighted by atomic mass is 10.3. The molecule has 0 aromatic carbocycles. The Balaban J connectivity index is 3.07. The summed E-state index contributed by atoms with van der Waals surface area (Å²) in [6.07, 6.45) is 1.54. The molecule has 0 atom stereocenters. The van der Waals surface area contributed by atoms with Gasteiger partial charge in [-0.3, -0.25) is 9.36 Å². The number of aromatic nitrogens is 3. The molecular weight excluding hydrogens is 202 g/mol. The molecule has 72 valence electrons. The summed E-state index contributed by atoms with van der Waals surface area (Å²) in [6.45, 7) is 1.75. The molecule has 0 N–H and O–H groups in total. The van der Waals surface area contributed by atoms with Crippen LogP contribution in [0.1, 0.15) is 5.82 Å². The topological polar surface area (TPSA) is 47.8 Å². The molecule has 0 amide bonds. The molecular formula is C9H8ClN3O. The van der Waals surface area contributed by atoms with E-state index in [0.29, 0.717) is 21.9 Å². The third-order valence-electron chi connectivity index (χ3n) is 2.15. The van der Waals surface area contributed by atoms with Gasteiger partial charge >= 0.3 is 0 Å². The molecule has 0 aliphatic heterocycles. The Bertz CT molecular complexity index is 562. The van der Waals surface area contributed by atoms with Crippen LogP contribution in [-0.4, -0.2) is 14.5 Å². The highest BCUT2D eigenvalue weighted by Gasteiger charge is 2.08. The summed E-state index contributed by atoms with van der Waals surface area (Å²) in [5.74, 6) is 0.622. The number of fused-ring (bicyclic) bond motifs is 1. The molecule has 0 fully saturated rings. The molecule has 0 aliphatic carbocycles. The van der Waals surface area contributed by atoms with Crippen molar-refractivity contribution in [1.29, 1.82) is 0 Å². The molecule has 4 nitrogen and oxygen atoms in total. The Hall–Kier alpha value is -1.42. The maximum Gasteiger partial charge on any atom is 0.264 e. The Morgan fingerprint density at radius 2 is 2.21 bits per heavy atom. The van der Waals surface area contributed by atoms with Gasteiger partial charge in [0.05, 0.1) is 5.02 Å². The van der Waals surface area contributed by atoms with Gasteiger partial charge in [-0.25, -0.2) is 9.97 Å². The third kappa shape index (κ3) is 1.19. The van der Waals surface area contributed by atoms with E-state index in [1.165, 1.54) is 10.8 Å². The fourth-order valence-corrected chi connectivity index (χ4v) is 1.48. The minimum atomic E-state index is -0.161. The second-order valence-corrected chi connectivity index (χ2v) is 3.42. The Morgan fingerprint density at radius 1 is 1.50 bits per heavy atom. The van der Waals surface area contributed by atoms with Crippen molar-refractivity contribution in [3.05, 3.63) is 33.5 Å². The van der Waals surface area contributed by atoms with Gasteiger partial charge in [0, 0.05) is 13.2 Å². The highest BCUT2D eigenvalue weighted by molar-refractivity contribution is 6.35. The maximum atomic E-state index is 11.8. The number of hydrogen-bond donors (Lipinski definition) is 0. The van der Waals surface area contributed by atoms with E-state index in [9.17, 15) is 4.79 Å². The molecule has 5 heteroatoms. The summed E-state index contributed by atoms with van der Waals surface area (Å²) in [7, 11) is 1.66. The number of aryl methyl sites for hydroxylation is 1. The van der Waals surface area contributed by atoms with Gasteiger partial charge in [0.2, 0.25) is 0 Å². The fourth-order valence-electron chi connectivity index (χ4n) is 1.25. The van der Waals surface area contributed by atoms with Crippen molar-refractivity contribution >= 4 is 22.6 Å². The van der Waals surface area contributed by atoms with Crippen LogP contribution in [0, 0.1) is 6.92 Å². The van der Waals surface area contributed by atoms with Crippen LogP contribution in [0.3, 0.4) is 0 Å². The first-order valence-corrected chi connectivity index (χ1v) is 4.47. The van der Waals surface area contributed by atoms with E-state index in [0.717, 1.165) is 0 Å². The van der Waals surface area contributed by atoms with E-state index in [-0.39, 0.29) is 5.56 Å². The highest BCUT2D eigenvalue weighted by Crippen LogP contribution is 2.15. The zero-order valence-electron chi connectivity index (χ0n) is 7.78. The van der Waals surface area contributed by atoms with E-state index in [2.05, 4.69) is 9.97 Å². The molecule has 0 spiro atoms. The molecule has 0 radical (unpaired) electrons. The van der Waals surface area contributed by atoms with Gasteiger partial charge in [0.15, 0.2) is 5.65 Å². The normalized spacial score (nSPS) is 10.8. The first-order valence-electron chi connectivity index (χ1n) is 4.09. The van der Waals surface area contributed by atoms with Gasteiger partial charge in [0.25, 0.3) is 5.56 Å². The molecule has 2 aromatic rings. The van der Waals surface area contributed by atoms with Crippen molar-refractivity contribution in [2.24, 2.45) is 7.05 Å². The fraction of sp³-hybridized carbons (Fsp3) is 0.222. The minimum absolute atomic E-state index is 0.161. The molecule has 2 aromatic heterocycles. The van der Waals surface area contributed by atoms with Gasteiger partial charge in [-0.2, -0.15) is 0 Å². The van der Waals surface area contributed by atoms with Gasteiger partial charge in [-0.1, -0.05) is 11.6 Å². The lowest BCUT2D eigenvalue weighted by molar-refractivity contribution is 0.789. The van der Waals surface area contributed by atoms with E-state index < -0.39 is 0 Å². The molecule has 0 saturated heterocycles. The van der Waals surface area contributed by atoms with Crippen LogP contribution >= 0.6 is 11.6 Å². The first kappa shape index (κ1) is 9.15. The molecule has 0 bridgehead atoms. The summed E-state index contributed by atoms with van der Waals surface area (Å²) in [5.41, 5.74) is 0.240. The van der Waals surface area contributed by atoms with E-state index >= 15 is 0 Å². The largest absolute Gasteiger partial charge is 0.299 e. The summed E-state index contributed by atoms with van der Waals surface area (Å²) in [4.78, 5) is 19.9. The van der Waals surface area contributed by atoms with E-state index in [1.54, 1.807) is 20.0 Å². The molecule has 2 heterocycles. The minimum Gasteiger partial charge on any atom is -0.299 e. The summed E-state index contributed by atoms with van der Waals surface area (Å²) < 4.78 is 1.45. The molecule has 0 saturated carbocycles. The Morgan fingerprint density at radius 3 is 2.93 bits per heavy atom. The smallest absolute Gasteiger partial charge is 0.264 e. The molecule has 2 rings (SSSR count). The van der Waals surface area contributed by atoms with Crippen molar-refractivity contribution < 1.29 is 0 Å². The quantitative estimate of drug-likeness (QED) is 0.657. The monoisotopic (exact) mass is 209 g/mol. The van der Waals surface area contributed by atoms with Gasteiger partial charge in [-0.15, -0.1) is 0 Å². The maximum absolute atomic E-state index is 11.8. The molecule has 0 aliphatic rings. The predicted molar refractivity (Wildman–Crippen MR) is 54.5 cm³/mol. The van der Waals surface area contributed by atoms with E-state index in [1.807, 2.05) is 0 Å². The second kappa shape index (κ2) is 3.06. The van der Waals surface area contributed by atoms with Gasteiger partial charge in [-0.05, 0) is 13.0 Å². The average molecular weight is 210 g/mol. The van der Waals surface area contributed by atoms with Crippen LogP contribution in [0.25, 0.3) is 11.0 Å². The van der Waals surface area contributed by atoms with Crippen molar-refractivity contribution in [2.75, 3.05) is 0 Å². The number of nitrogens with zero attached hydrogens (tertiary/aromatic N) is 3. The van der Waals surface area contributed by atoms with Crippen LogP contribution in [0.4, 0.5) is 0 Å². The molecule has 14 heavy (non-hydrogen) atoms. The summed E-state index contributed by atoms with van der Waals surface area (Å²) >= 11 is 5.89. The zero-order chi connectivity index (χ0) is 10.3. The van der Waals surface area contributed by atoms with Crippen LogP contribution in [0.2, 0.25) is 5.02 Å². The van der Waals surface area contributed by atoms with Crippen molar-refractivity contribution in [2.45, 2.75) is 6.92 Å².